The number of esters is 4. The summed E-state index contributed by atoms with van der Waals surface area (Å²) in [7, 11) is 0. The van der Waals surface area contributed by atoms with Crippen LogP contribution in [0.3, 0.4) is 0 Å². The third-order valence-corrected chi connectivity index (χ3v) is 5.12. The summed E-state index contributed by atoms with van der Waals surface area (Å²) in [5.41, 5.74) is 0.382. The molecule has 0 spiro atoms. The highest BCUT2D eigenvalue weighted by Crippen LogP contribution is 2.32. The number of benzene rings is 1. The quantitative estimate of drug-likeness (QED) is 0.304. The van der Waals surface area contributed by atoms with Crippen molar-refractivity contribution in [1.82, 2.24) is 0 Å². The first-order chi connectivity index (χ1) is 16.9. The number of carbonyl (C=O) groups excluding carboxylic acids is 4. The molecule has 1 aromatic carbocycles. The molecule has 0 N–H and O–H groups in total. The van der Waals surface area contributed by atoms with Crippen LogP contribution in [0.25, 0.3) is 11.0 Å². The van der Waals surface area contributed by atoms with E-state index in [0.29, 0.717) is 10.9 Å². The third kappa shape index (κ3) is 6.60. The molecule has 12 heteroatoms. The van der Waals surface area contributed by atoms with Gasteiger partial charge in [0.15, 0.2) is 12.2 Å². The van der Waals surface area contributed by atoms with Crippen LogP contribution >= 0.6 is 0 Å². The Hall–Kier alpha value is -3.93. The second kappa shape index (κ2) is 11.2. The molecule has 0 bridgehead atoms. The van der Waals surface area contributed by atoms with Crippen LogP contribution in [-0.2, 0) is 42.9 Å². The van der Waals surface area contributed by atoms with E-state index in [-0.39, 0.29) is 17.9 Å². The zero-order valence-corrected chi connectivity index (χ0v) is 20.3. The van der Waals surface area contributed by atoms with Crippen LogP contribution in [0.4, 0.5) is 0 Å². The molecule has 0 unspecified atom stereocenters. The molecule has 1 saturated heterocycles. The van der Waals surface area contributed by atoms with Crippen molar-refractivity contribution in [2.24, 2.45) is 0 Å². The second-order valence-corrected chi connectivity index (χ2v) is 8.09. The van der Waals surface area contributed by atoms with Crippen LogP contribution < -0.4 is 10.4 Å². The van der Waals surface area contributed by atoms with Crippen molar-refractivity contribution in [3.8, 4) is 5.75 Å². The molecule has 36 heavy (non-hydrogen) atoms. The predicted molar refractivity (Wildman–Crippen MR) is 120 cm³/mol. The fraction of sp³-hybridized carbons (Fsp3) is 0.458. The monoisotopic (exact) mass is 506 g/mol. The van der Waals surface area contributed by atoms with Gasteiger partial charge in [0.1, 0.15) is 24.0 Å². The number of ether oxygens (including phenoxy) is 6. The lowest BCUT2D eigenvalue weighted by molar-refractivity contribution is -0.288. The van der Waals surface area contributed by atoms with Gasteiger partial charge in [-0.1, -0.05) is 0 Å². The topological polar surface area (TPSA) is 154 Å². The molecule has 1 aliphatic heterocycles. The van der Waals surface area contributed by atoms with E-state index in [2.05, 4.69) is 0 Å². The van der Waals surface area contributed by atoms with Gasteiger partial charge in [0.2, 0.25) is 12.4 Å². The van der Waals surface area contributed by atoms with Crippen LogP contribution in [-0.4, -0.2) is 61.2 Å². The maximum atomic E-state index is 11.9. The van der Waals surface area contributed by atoms with E-state index in [1.54, 1.807) is 19.1 Å². The first-order valence-corrected chi connectivity index (χ1v) is 11.0. The molecule has 1 aromatic heterocycles. The minimum absolute atomic E-state index is 0.164. The van der Waals surface area contributed by atoms with Gasteiger partial charge in [-0.05, 0) is 24.6 Å². The largest absolute Gasteiger partial charge is 0.463 e. The zero-order chi connectivity index (χ0) is 26.6. The molecular weight excluding hydrogens is 480 g/mol. The predicted octanol–water partition coefficient (Wildman–Crippen LogP) is 1.56. The fourth-order valence-electron chi connectivity index (χ4n) is 3.80. The number of aryl methyl sites for hydroxylation is 1. The zero-order valence-electron chi connectivity index (χ0n) is 20.3. The first kappa shape index (κ1) is 26.7. The van der Waals surface area contributed by atoms with Crippen LogP contribution in [0.2, 0.25) is 0 Å². The van der Waals surface area contributed by atoms with E-state index >= 15 is 0 Å². The van der Waals surface area contributed by atoms with E-state index in [9.17, 15) is 24.0 Å². The van der Waals surface area contributed by atoms with Crippen LogP contribution in [0, 0.1) is 6.92 Å². The highest BCUT2D eigenvalue weighted by molar-refractivity contribution is 5.81. The van der Waals surface area contributed by atoms with E-state index in [1.807, 2.05) is 0 Å². The normalized spacial score (nSPS) is 23.4. The molecule has 2 aromatic rings. The maximum Gasteiger partial charge on any atom is 0.336 e. The second-order valence-electron chi connectivity index (χ2n) is 8.09. The average molecular weight is 506 g/mol. The Balaban J connectivity index is 2.02. The summed E-state index contributed by atoms with van der Waals surface area (Å²) in [5, 5.41) is 0.670. The molecule has 2 heterocycles. The van der Waals surface area contributed by atoms with E-state index < -0.39 is 60.2 Å². The molecule has 194 valence electrons. The Morgan fingerprint density at radius 1 is 0.833 bits per heavy atom. The van der Waals surface area contributed by atoms with Crippen molar-refractivity contribution < 1.29 is 52.0 Å². The van der Waals surface area contributed by atoms with Crippen LogP contribution in [0.1, 0.15) is 33.3 Å². The van der Waals surface area contributed by atoms with Gasteiger partial charge in [-0.25, -0.2) is 4.79 Å². The summed E-state index contributed by atoms with van der Waals surface area (Å²) in [5.74, 6) is -2.73. The lowest BCUT2D eigenvalue weighted by atomic mass is 9.98. The van der Waals surface area contributed by atoms with Gasteiger partial charge < -0.3 is 32.8 Å². The Labute approximate surface area is 205 Å². The van der Waals surface area contributed by atoms with Gasteiger partial charge in [-0.3, -0.25) is 19.2 Å². The van der Waals surface area contributed by atoms with Crippen molar-refractivity contribution in [1.29, 1.82) is 0 Å². The summed E-state index contributed by atoms with van der Waals surface area (Å²) in [6.45, 7) is 5.91. The molecule has 0 aliphatic carbocycles. The van der Waals surface area contributed by atoms with Crippen molar-refractivity contribution >= 4 is 34.8 Å². The van der Waals surface area contributed by atoms with Crippen molar-refractivity contribution in [3.05, 3.63) is 40.2 Å². The Morgan fingerprint density at radius 3 is 2.06 bits per heavy atom. The van der Waals surface area contributed by atoms with Crippen molar-refractivity contribution in [2.75, 3.05) is 6.61 Å². The van der Waals surface area contributed by atoms with Gasteiger partial charge in [0.25, 0.3) is 0 Å². The SMILES string of the molecule is CC(=O)OC[C@@H]1O[C@H](Oc2ccc3c(C)cc(=O)oc3c2)[C@@H](OC(C)=O)[C@H](OC(C)=O)[C@H]1OC(C)=O. The standard InChI is InChI=1S/C24H26O12/c1-11-8-20(29)35-18-9-16(6-7-17(11)18)34-24-23(33-15(5)28)22(32-14(4)27)21(31-13(3)26)19(36-24)10-30-12(2)25/h6-9,19,21-24H,10H2,1-5H3/t19-,21-,22+,23-,24-/m0/s1. The summed E-state index contributed by atoms with van der Waals surface area (Å²) in [6.07, 6.45) is -6.61. The Bertz CT molecular complexity index is 1220. The molecule has 1 aliphatic rings. The molecule has 3 rings (SSSR count). The minimum Gasteiger partial charge on any atom is -0.463 e. The van der Waals surface area contributed by atoms with Crippen LogP contribution in [0.15, 0.2) is 33.5 Å². The maximum absolute atomic E-state index is 11.9. The van der Waals surface area contributed by atoms with E-state index in [1.165, 1.54) is 19.1 Å². The minimum atomic E-state index is -1.40. The van der Waals surface area contributed by atoms with Gasteiger partial charge in [-0.2, -0.15) is 0 Å². The highest BCUT2D eigenvalue weighted by atomic mass is 16.7. The highest BCUT2D eigenvalue weighted by Gasteiger charge is 2.53. The Kier molecular flexibility index (Phi) is 8.30. The smallest absolute Gasteiger partial charge is 0.336 e. The summed E-state index contributed by atoms with van der Waals surface area (Å²) in [4.78, 5) is 58.9. The number of fused-ring (bicyclic) bond motifs is 1. The third-order valence-electron chi connectivity index (χ3n) is 5.12. The first-order valence-electron chi connectivity index (χ1n) is 11.0. The molecule has 5 atom stereocenters. The molecule has 0 amide bonds. The summed E-state index contributed by atoms with van der Waals surface area (Å²) >= 11 is 0. The number of carbonyl (C=O) groups is 4. The lowest BCUT2D eigenvalue weighted by Gasteiger charge is -2.43. The number of hydrogen-bond acceptors (Lipinski definition) is 12. The molecule has 12 nitrogen and oxygen atoms in total. The van der Waals surface area contributed by atoms with Gasteiger partial charge in [0, 0.05) is 45.2 Å². The van der Waals surface area contributed by atoms with Crippen molar-refractivity contribution in [3.63, 3.8) is 0 Å². The summed E-state index contributed by atoms with van der Waals surface area (Å²) < 4.78 is 38.2. The molecular formula is C24H26O12. The van der Waals surface area contributed by atoms with Gasteiger partial charge >= 0.3 is 29.5 Å². The number of hydrogen-bond donors (Lipinski definition) is 0. The average Bonchev–Trinajstić information content (AvgIpc) is 2.75. The van der Waals surface area contributed by atoms with E-state index in [0.717, 1.165) is 20.8 Å². The number of rotatable bonds is 7. The van der Waals surface area contributed by atoms with Crippen molar-refractivity contribution in [2.45, 2.75) is 65.3 Å². The molecule has 0 radical (unpaired) electrons. The summed E-state index contributed by atoms with van der Waals surface area (Å²) in [6, 6.07) is 6.03. The Morgan fingerprint density at radius 2 is 1.44 bits per heavy atom. The van der Waals surface area contributed by atoms with Gasteiger partial charge in [-0.15, -0.1) is 0 Å². The van der Waals surface area contributed by atoms with Gasteiger partial charge in [0.05, 0.1) is 0 Å². The lowest BCUT2D eigenvalue weighted by Crippen LogP contribution is -2.63. The fourth-order valence-corrected chi connectivity index (χ4v) is 3.80. The van der Waals surface area contributed by atoms with Crippen LogP contribution in [0.5, 0.6) is 5.75 Å². The molecule has 1 fully saturated rings. The van der Waals surface area contributed by atoms with E-state index in [4.69, 9.17) is 32.8 Å². The molecule has 0 saturated carbocycles.